The van der Waals surface area contributed by atoms with E-state index in [1.54, 1.807) is 36.4 Å². The van der Waals surface area contributed by atoms with Crippen molar-refractivity contribution in [3.05, 3.63) is 53.1 Å². The second kappa shape index (κ2) is 6.64. The van der Waals surface area contributed by atoms with Gasteiger partial charge in [-0.2, -0.15) is 0 Å². The minimum atomic E-state index is -1.30. The Balaban J connectivity index is 1.51. The van der Waals surface area contributed by atoms with E-state index in [9.17, 15) is 25.5 Å². The summed E-state index contributed by atoms with van der Waals surface area (Å²) in [7, 11) is 0. The molecule has 0 unspecified atom stereocenters. The third-order valence-electron chi connectivity index (χ3n) is 5.62. The van der Waals surface area contributed by atoms with Crippen LogP contribution < -0.4 is 9.47 Å². The number of aliphatic hydroxyl groups excluding tert-OH is 3. The van der Waals surface area contributed by atoms with Crippen molar-refractivity contribution < 1.29 is 39.7 Å². The summed E-state index contributed by atoms with van der Waals surface area (Å²) >= 11 is 0. The van der Waals surface area contributed by atoms with E-state index in [0.717, 1.165) is 0 Å². The van der Waals surface area contributed by atoms with Gasteiger partial charge in [-0.05, 0) is 18.2 Å². The van der Waals surface area contributed by atoms with Crippen molar-refractivity contribution in [2.75, 3.05) is 6.61 Å². The third kappa shape index (κ3) is 2.76. The molecule has 1 saturated heterocycles. The Hall–Kier alpha value is -2.78. The number of aliphatic hydroxyl groups is 3. The van der Waals surface area contributed by atoms with Crippen LogP contribution in [0.2, 0.25) is 0 Å². The number of benzene rings is 2. The number of hydrogen-bond donors (Lipinski definition) is 5. The van der Waals surface area contributed by atoms with Crippen LogP contribution in [0.1, 0.15) is 22.8 Å². The van der Waals surface area contributed by atoms with E-state index in [0.29, 0.717) is 40.4 Å². The van der Waals surface area contributed by atoms with Crippen molar-refractivity contribution in [2.24, 2.45) is 0 Å². The highest BCUT2D eigenvalue weighted by Gasteiger charge is 2.52. The van der Waals surface area contributed by atoms with Crippen LogP contribution in [0.4, 0.5) is 0 Å². The zero-order valence-electron chi connectivity index (χ0n) is 15.2. The summed E-state index contributed by atoms with van der Waals surface area (Å²) in [5.74, 6) is 1.28. The van der Waals surface area contributed by atoms with E-state index < -0.39 is 37.1 Å². The van der Waals surface area contributed by atoms with Crippen LogP contribution in [0.25, 0.3) is 5.76 Å². The van der Waals surface area contributed by atoms with Crippen molar-refractivity contribution in [2.45, 2.75) is 36.9 Å². The van der Waals surface area contributed by atoms with Crippen LogP contribution in [0.3, 0.4) is 0 Å². The van der Waals surface area contributed by atoms with E-state index in [1.165, 1.54) is 0 Å². The van der Waals surface area contributed by atoms with E-state index in [4.69, 9.17) is 14.2 Å². The van der Waals surface area contributed by atoms with Crippen LogP contribution >= 0.6 is 0 Å². The molecule has 0 bridgehead atoms. The quantitative estimate of drug-likeness (QED) is 0.505. The number of ether oxygens (including phenoxy) is 3. The molecule has 29 heavy (non-hydrogen) atoms. The molecule has 0 spiro atoms. The third-order valence-corrected chi connectivity index (χ3v) is 5.62. The average Bonchev–Trinajstić information content (AvgIpc) is 3.09. The summed E-state index contributed by atoms with van der Waals surface area (Å²) in [4.78, 5) is 0. The highest BCUT2D eigenvalue weighted by Crippen LogP contribution is 2.53. The fourth-order valence-electron chi connectivity index (χ4n) is 4.13. The lowest BCUT2D eigenvalue weighted by Crippen LogP contribution is -2.55. The minimum Gasteiger partial charge on any atom is -0.508 e. The average molecular weight is 400 g/mol. The molecule has 3 heterocycles. The molecule has 3 aliphatic heterocycles. The number of allylic oxidation sites excluding steroid dienone is 1. The van der Waals surface area contributed by atoms with Gasteiger partial charge in [0.2, 0.25) is 0 Å². The monoisotopic (exact) mass is 400 g/mol. The summed E-state index contributed by atoms with van der Waals surface area (Å²) in [6.45, 7) is -0.471. The Morgan fingerprint density at radius 3 is 2.62 bits per heavy atom. The normalized spacial score (nSPS) is 29.8. The fourth-order valence-corrected chi connectivity index (χ4v) is 4.13. The van der Waals surface area contributed by atoms with Crippen LogP contribution in [0.5, 0.6) is 23.0 Å². The molecule has 5 N–H and O–H groups in total. The maximum absolute atomic E-state index is 10.9. The van der Waals surface area contributed by atoms with Crippen LogP contribution in [0.15, 0.2) is 36.4 Å². The number of rotatable bonds is 2. The number of phenolic OH excluding ortho intramolecular Hbond substituents is 2. The molecule has 0 radical (unpaired) electrons. The first kappa shape index (κ1) is 18.3. The maximum atomic E-state index is 10.9. The van der Waals surface area contributed by atoms with Gasteiger partial charge in [0, 0.05) is 23.6 Å². The lowest BCUT2D eigenvalue weighted by molar-refractivity contribution is -0.215. The van der Waals surface area contributed by atoms with Crippen molar-refractivity contribution >= 4 is 5.76 Å². The van der Waals surface area contributed by atoms with Gasteiger partial charge in [0.15, 0.2) is 6.10 Å². The molecule has 2 aromatic rings. The molecule has 2 aromatic carbocycles. The van der Waals surface area contributed by atoms with Gasteiger partial charge in [0.25, 0.3) is 0 Å². The number of phenols is 2. The van der Waals surface area contributed by atoms with Crippen molar-refractivity contribution in [1.82, 2.24) is 0 Å². The molecule has 0 saturated carbocycles. The molecule has 0 aliphatic carbocycles. The first-order chi connectivity index (χ1) is 14.0. The van der Waals surface area contributed by atoms with Gasteiger partial charge < -0.3 is 39.7 Å². The minimum absolute atomic E-state index is 0.0588. The van der Waals surface area contributed by atoms with E-state index >= 15 is 0 Å². The zero-order chi connectivity index (χ0) is 20.3. The second-order valence-electron chi connectivity index (χ2n) is 7.38. The van der Waals surface area contributed by atoms with Crippen LogP contribution in [-0.4, -0.2) is 56.6 Å². The molecule has 5 atom stereocenters. The predicted octanol–water partition coefficient (Wildman–Crippen LogP) is 0.989. The predicted molar refractivity (Wildman–Crippen MR) is 99.7 cm³/mol. The van der Waals surface area contributed by atoms with Gasteiger partial charge in [-0.1, -0.05) is 12.1 Å². The molecule has 8 nitrogen and oxygen atoms in total. The number of aromatic hydroxyl groups is 2. The summed E-state index contributed by atoms with van der Waals surface area (Å²) in [6.07, 6.45) is -3.11. The van der Waals surface area contributed by atoms with Crippen LogP contribution in [-0.2, 0) is 11.2 Å². The molecule has 8 heteroatoms. The molecule has 0 aromatic heterocycles. The molecule has 152 valence electrons. The largest absolute Gasteiger partial charge is 0.508 e. The Morgan fingerprint density at radius 2 is 1.86 bits per heavy atom. The van der Waals surface area contributed by atoms with Gasteiger partial charge in [-0.3, -0.25) is 0 Å². The SMILES string of the molecule is OC[C@H]1O[C@H]2c3c(cc4c(c3O)CC=C(c3cccc(O)c3)O4)O[C@H]2[C@@H](O)[C@@H]1O. The van der Waals surface area contributed by atoms with E-state index in [-0.39, 0.29) is 11.5 Å². The lowest BCUT2D eigenvalue weighted by Gasteiger charge is -2.38. The molecular formula is C21H20O8. The van der Waals surface area contributed by atoms with Gasteiger partial charge in [0.05, 0.1) is 12.2 Å². The Kier molecular flexibility index (Phi) is 4.18. The Morgan fingerprint density at radius 1 is 1.03 bits per heavy atom. The standard InChI is InChI=1S/C21H20O8/c22-8-15-18(25)19(26)21-20(29-15)16-14(28-21)7-13-11(17(16)24)4-5-12(27-13)9-2-1-3-10(23)6-9/h1-3,5-7,15,18-26H,4,8H2/t15-,18-,19+,20+,21+/m1/s1. The molecule has 3 aliphatic rings. The molecular weight excluding hydrogens is 380 g/mol. The van der Waals surface area contributed by atoms with Gasteiger partial charge in [0.1, 0.15) is 53.2 Å². The zero-order valence-corrected chi connectivity index (χ0v) is 15.2. The first-order valence-corrected chi connectivity index (χ1v) is 9.33. The highest BCUT2D eigenvalue weighted by atomic mass is 16.6. The first-order valence-electron chi connectivity index (χ1n) is 9.33. The maximum Gasteiger partial charge on any atom is 0.158 e. The molecule has 5 rings (SSSR count). The highest BCUT2D eigenvalue weighted by molar-refractivity contribution is 5.70. The molecule has 0 amide bonds. The van der Waals surface area contributed by atoms with Crippen molar-refractivity contribution in [3.63, 3.8) is 0 Å². The summed E-state index contributed by atoms with van der Waals surface area (Å²) < 4.78 is 17.4. The van der Waals surface area contributed by atoms with Gasteiger partial charge >= 0.3 is 0 Å². The number of fused-ring (bicyclic) bond motifs is 4. The van der Waals surface area contributed by atoms with Gasteiger partial charge in [-0.15, -0.1) is 0 Å². The van der Waals surface area contributed by atoms with Crippen LogP contribution in [0, 0.1) is 0 Å². The number of hydrogen-bond acceptors (Lipinski definition) is 8. The Bertz CT molecular complexity index is 1000. The topological polar surface area (TPSA) is 129 Å². The summed E-state index contributed by atoms with van der Waals surface area (Å²) in [6, 6.07) is 8.27. The van der Waals surface area contributed by atoms with Gasteiger partial charge in [-0.25, -0.2) is 0 Å². The smallest absolute Gasteiger partial charge is 0.158 e. The van der Waals surface area contributed by atoms with Crippen molar-refractivity contribution in [3.8, 4) is 23.0 Å². The molecule has 1 fully saturated rings. The Labute approximate surface area is 165 Å². The van der Waals surface area contributed by atoms with E-state index in [2.05, 4.69) is 0 Å². The lowest BCUT2D eigenvalue weighted by atomic mass is 9.91. The fraction of sp³-hybridized carbons (Fsp3) is 0.333. The van der Waals surface area contributed by atoms with E-state index in [1.807, 2.05) is 0 Å². The summed E-state index contributed by atoms with van der Waals surface area (Å²) in [5, 5.41) is 50.5. The van der Waals surface area contributed by atoms with Crippen molar-refractivity contribution in [1.29, 1.82) is 0 Å². The second-order valence-corrected chi connectivity index (χ2v) is 7.38. The summed E-state index contributed by atoms with van der Waals surface area (Å²) in [5.41, 5.74) is 1.61.